The van der Waals surface area contributed by atoms with E-state index in [9.17, 15) is 9.59 Å². The number of anilines is 1. The summed E-state index contributed by atoms with van der Waals surface area (Å²) in [6.07, 6.45) is 0.308. The van der Waals surface area contributed by atoms with Gasteiger partial charge in [-0.05, 0) is 18.2 Å². The molecule has 6 heteroatoms. The number of benzene rings is 1. The predicted octanol–water partition coefficient (Wildman–Crippen LogP) is 1.24. The van der Waals surface area contributed by atoms with Crippen molar-refractivity contribution >= 4 is 28.5 Å². The van der Waals surface area contributed by atoms with Gasteiger partial charge < -0.3 is 15.5 Å². The molecular formula is C17H20N4O2. The Morgan fingerprint density at radius 3 is 2.87 bits per heavy atom. The van der Waals surface area contributed by atoms with Crippen LogP contribution in [0, 0.1) is 5.92 Å². The van der Waals surface area contributed by atoms with Crippen LogP contribution in [0.25, 0.3) is 10.9 Å². The first-order valence-corrected chi connectivity index (χ1v) is 7.75. The standard InChI is InChI=1S/C17H20N4O2/c1-21-11-13(10-16(21)22)17(23)19-9-8-18-15-7-6-12-4-2-3-5-14(12)20-15/h2-7,13H,8-11H2,1H3,(H,18,20)(H,19,23). The number of carbonyl (C=O) groups excluding carboxylic acids is 2. The van der Waals surface area contributed by atoms with Crippen LogP contribution in [0.1, 0.15) is 6.42 Å². The monoisotopic (exact) mass is 312 g/mol. The number of likely N-dealkylation sites (tertiary alicyclic amines) is 1. The van der Waals surface area contributed by atoms with Crippen molar-refractivity contribution < 1.29 is 9.59 Å². The summed E-state index contributed by atoms with van der Waals surface area (Å²) in [7, 11) is 1.72. The number of aromatic nitrogens is 1. The van der Waals surface area contributed by atoms with Crippen LogP contribution in [-0.4, -0.2) is 48.4 Å². The van der Waals surface area contributed by atoms with E-state index >= 15 is 0 Å². The molecule has 2 N–H and O–H groups in total. The number of para-hydroxylation sites is 1. The zero-order valence-corrected chi connectivity index (χ0v) is 13.1. The zero-order valence-electron chi connectivity index (χ0n) is 13.1. The summed E-state index contributed by atoms with van der Waals surface area (Å²) in [5.41, 5.74) is 0.939. The molecule has 23 heavy (non-hydrogen) atoms. The second kappa shape index (κ2) is 6.64. The van der Waals surface area contributed by atoms with Gasteiger partial charge in [-0.1, -0.05) is 18.2 Å². The molecule has 2 aromatic rings. The molecule has 2 heterocycles. The fraction of sp³-hybridized carbons (Fsp3) is 0.353. The van der Waals surface area contributed by atoms with E-state index in [4.69, 9.17) is 0 Å². The minimum absolute atomic E-state index is 0.0311. The van der Waals surface area contributed by atoms with Gasteiger partial charge in [0, 0.05) is 38.5 Å². The molecule has 1 atom stereocenters. The number of amides is 2. The van der Waals surface area contributed by atoms with E-state index < -0.39 is 0 Å². The van der Waals surface area contributed by atoms with Gasteiger partial charge >= 0.3 is 0 Å². The Bertz CT molecular complexity index is 731. The Hall–Kier alpha value is -2.63. The van der Waals surface area contributed by atoms with Gasteiger partial charge in [0.2, 0.25) is 11.8 Å². The zero-order chi connectivity index (χ0) is 16.2. The van der Waals surface area contributed by atoms with Gasteiger partial charge in [0.15, 0.2) is 0 Å². The van der Waals surface area contributed by atoms with Crippen LogP contribution in [0.2, 0.25) is 0 Å². The van der Waals surface area contributed by atoms with E-state index in [0.29, 0.717) is 26.1 Å². The quantitative estimate of drug-likeness (QED) is 0.815. The largest absolute Gasteiger partial charge is 0.368 e. The average Bonchev–Trinajstić information content (AvgIpc) is 2.90. The van der Waals surface area contributed by atoms with Crippen molar-refractivity contribution in [2.45, 2.75) is 6.42 Å². The number of nitrogens with zero attached hydrogens (tertiary/aromatic N) is 2. The normalized spacial score (nSPS) is 17.5. The Labute approximate surface area is 134 Å². The lowest BCUT2D eigenvalue weighted by Gasteiger charge is -2.12. The van der Waals surface area contributed by atoms with Crippen molar-refractivity contribution in [1.29, 1.82) is 0 Å². The summed E-state index contributed by atoms with van der Waals surface area (Å²) in [4.78, 5) is 29.5. The second-order valence-electron chi connectivity index (χ2n) is 5.78. The number of nitrogens with one attached hydrogen (secondary N) is 2. The van der Waals surface area contributed by atoms with E-state index in [-0.39, 0.29) is 17.7 Å². The summed E-state index contributed by atoms with van der Waals surface area (Å²) in [6.45, 7) is 1.60. The van der Waals surface area contributed by atoms with Crippen molar-refractivity contribution in [1.82, 2.24) is 15.2 Å². The molecule has 0 radical (unpaired) electrons. The van der Waals surface area contributed by atoms with Gasteiger partial charge in [0.05, 0.1) is 11.4 Å². The predicted molar refractivity (Wildman–Crippen MR) is 89.0 cm³/mol. The fourth-order valence-corrected chi connectivity index (χ4v) is 2.72. The number of carbonyl (C=O) groups is 2. The molecule has 1 aliphatic rings. The molecule has 0 spiro atoms. The first-order valence-electron chi connectivity index (χ1n) is 7.75. The van der Waals surface area contributed by atoms with Crippen LogP contribution >= 0.6 is 0 Å². The SMILES string of the molecule is CN1CC(C(=O)NCCNc2ccc3ccccc3n2)CC1=O. The highest BCUT2D eigenvalue weighted by Gasteiger charge is 2.31. The van der Waals surface area contributed by atoms with Crippen molar-refractivity contribution in [3.63, 3.8) is 0 Å². The first-order chi connectivity index (χ1) is 11.1. The summed E-state index contributed by atoms with van der Waals surface area (Å²) in [6, 6.07) is 11.9. The summed E-state index contributed by atoms with van der Waals surface area (Å²) in [5.74, 6) is 0.527. The number of hydrogen-bond acceptors (Lipinski definition) is 4. The summed E-state index contributed by atoms with van der Waals surface area (Å²) < 4.78 is 0. The molecule has 1 aromatic heterocycles. The van der Waals surface area contributed by atoms with Crippen LogP contribution in [0.4, 0.5) is 5.82 Å². The maximum Gasteiger partial charge on any atom is 0.225 e. The third-order valence-corrected chi connectivity index (χ3v) is 4.04. The summed E-state index contributed by atoms with van der Waals surface area (Å²) in [5, 5.41) is 7.16. The van der Waals surface area contributed by atoms with Gasteiger partial charge in [-0.15, -0.1) is 0 Å². The molecule has 1 aliphatic heterocycles. The Kier molecular flexibility index (Phi) is 4.41. The molecule has 1 saturated heterocycles. The van der Waals surface area contributed by atoms with Crippen molar-refractivity contribution in [3.05, 3.63) is 36.4 Å². The molecule has 1 fully saturated rings. The second-order valence-corrected chi connectivity index (χ2v) is 5.78. The maximum absolute atomic E-state index is 12.0. The Morgan fingerprint density at radius 1 is 1.26 bits per heavy atom. The highest BCUT2D eigenvalue weighted by Crippen LogP contribution is 2.16. The van der Waals surface area contributed by atoms with Gasteiger partial charge in [0.1, 0.15) is 5.82 Å². The molecule has 2 amide bonds. The van der Waals surface area contributed by atoms with E-state index in [0.717, 1.165) is 16.7 Å². The summed E-state index contributed by atoms with van der Waals surface area (Å²) >= 11 is 0. The smallest absolute Gasteiger partial charge is 0.225 e. The van der Waals surface area contributed by atoms with Gasteiger partial charge in [-0.3, -0.25) is 9.59 Å². The van der Waals surface area contributed by atoms with Crippen LogP contribution in [0.15, 0.2) is 36.4 Å². The van der Waals surface area contributed by atoms with E-state index in [1.165, 1.54) is 0 Å². The number of fused-ring (bicyclic) bond motifs is 1. The van der Waals surface area contributed by atoms with Gasteiger partial charge in [-0.25, -0.2) is 4.98 Å². The molecule has 120 valence electrons. The van der Waals surface area contributed by atoms with E-state index in [2.05, 4.69) is 15.6 Å². The number of pyridine rings is 1. The molecule has 0 bridgehead atoms. The average molecular weight is 312 g/mol. The van der Waals surface area contributed by atoms with Crippen molar-refractivity contribution in [2.24, 2.45) is 5.92 Å². The minimum Gasteiger partial charge on any atom is -0.368 e. The molecule has 6 nitrogen and oxygen atoms in total. The first kappa shape index (κ1) is 15.3. The Balaban J connectivity index is 1.45. The van der Waals surface area contributed by atoms with Crippen LogP contribution in [0.5, 0.6) is 0 Å². The lowest BCUT2D eigenvalue weighted by molar-refractivity contribution is -0.128. The number of hydrogen-bond donors (Lipinski definition) is 2. The maximum atomic E-state index is 12.0. The lowest BCUT2D eigenvalue weighted by atomic mass is 10.1. The van der Waals surface area contributed by atoms with Gasteiger partial charge in [0.25, 0.3) is 0 Å². The molecular weight excluding hydrogens is 292 g/mol. The third-order valence-electron chi connectivity index (χ3n) is 4.04. The highest BCUT2D eigenvalue weighted by atomic mass is 16.2. The molecule has 0 aliphatic carbocycles. The van der Waals surface area contributed by atoms with Gasteiger partial charge in [-0.2, -0.15) is 0 Å². The molecule has 3 rings (SSSR count). The topological polar surface area (TPSA) is 74.3 Å². The third kappa shape index (κ3) is 3.59. The lowest BCUT2D eigenvalue weighted by Crippen LogP contribution is -2.35. The molecule has 1 aromatic carbocycles. The Morgan fingerprint density at radius 2 is 2.09 bits per heavy atom. The van der Waals surface area contributed by atoms with Crippen LogP contribution in [0.3, 0.4) is 0 Å². The van der Waals surface area contributed by atoms with Crippen LogP contribution < -0.4 is 10.6 Å². The van der Waals surface area contributed by atoms with Crippen molar-refractivity contribution in [2.75, 3.05) is 32.0 Å². The fourth-order valence-electron chi connectivity index (χ4n) is 2.72. The highest BCUT2D eigenvalue weighted by molar-refractivity contribution is 5.89. The van der Waals surface area contributed by atoms with E-state index in [1.54, 1.807) is 11.9 Å². The van der Waals surface area contributed by atoms with E-state index in [1.807, 2.05) is 36.4 Å². The molecule has 1 unspecified atom stereocenters. The molecule has 0 saturated carbocycles. The number of rotatable bonds is 5. The van der Waals surface area contributed by atoms with Crippen molar-refractivity contribution in [3.8, 4) is 0 Å². The van der Waals surface area contributed by atoms with Crippen LogP contribution in [-0.2, 0) is 9.59 Å². The minimum atomic E-state index is -0.230.